The van der Waals surface area contributed by atoms with Crippen molar-refractivity contribution in [3.63, 3.8) is 0 Å². The quantitative estimate of drug-likeness (QED) is 0.843. The Morgan fingerprint density at radius 2 is 1.80 bits per heavy atom. The molecule has 2 saturated carbocycles. The molecule has 0 radical (unpaired) electrons. The summed E-state index contributed by atoms with van der Waals surface area (Å²) in [7, 11) is 0. The van der Waals surface area contributed by atoms with Crippen LogP contribution in [0.2, 0.25) is 0 Å². The molecule has 2 amide bonds. The van der Waals surface area contributed by atoms with Gasteiger partial charge in [-0.1, -0.05) is 18.2 Å². The molecule has 0 unspecified atom stereocenters. The molecule has 5 nitrogen and oxygen atoms in total. The van der Waals surface area contributed by atoms with Gasteiger partial charge in [0.1, 0.15) is 11.6 Å². The minimum absolute atomic E-state index is 0.0479. The maximum absolute atomic E-state index is 13.4. The maximum Gasteiger partial charge on any atom is 0.411 e. The van der Waals surface area contributed by atoms with Crippen molar-refractivity contribution in [3.8, 4) is 0 Å². The van der Waals surface area contributed by atoms with E-state index in [4.69, 9.17) is 4.74 Å². The molecule has 1 saturated heterocycles. The van der Waals surface area contributed by atoms with Crippen molar-refractivity contribution in [1.29, 1.82) is 0 Å². The summed E-state index contributed by atoms with van der Waals surface area (Å²) >= 11 is 0. The minimum atomic E-state index is -0.548. The van der Waals surface area contributed by atoms with Gasteiger partial charge in [-0.25, -0.2) is 4.79 Å². The smallest absolute Gasteiger partial charge is 0.411 e. The lowest BCUT2D eigenvalue weighted by Gasteiger charge is -2.33. The van der Waals surface area contributed by atoms with Crippen LogP contribution in [-0.2, 0) is 9.53 Å². The van der Waals surface area contributed by atoms with Crippen molar-refractivity contribution in [3.05, 3.63) is 30.3 Å². The van der Waals surface area contributed by atoms with Crippen LogP contribution in [0.5, 0.6) is 0 Å². The zero-order chi connectivity index (χ0) is 17.8. The Bertz CT molecular complexity index is 678. The third kappa shape index (κ3) is 3.24. The minimum Gasteiger partial charge on any atom is -0.444 e. The molecular formula is C20H26N2O3. The standard InChI is InChI=1S/C20H26N2O3/c1-20(2,3)25-19(24)22-16-11-13(16)12-17(22)18(23)21(15-9-10-15)14-7-5-4-6-8-14/h4-8,13,15-17H,9-12H2,1-3H3/t13-,16-,17+/m1/s1. The fourth-order valence-corrected chi connectivity index (χ4v) is 3.85. The number of para-hydroxylation sites is 1. The van der Waals surface area contributed by atoms with Gasteiger partial charge in [-0.15, -0.1) is 0 Å². The van der Waals surface area contributed by atoms with Crippen molar-refractivity contribution < 1.29 is 14.3 Å². The summed E-state index contributed by atoms with van der Waals surface area (Å²) in [5, 5.41) is 0. The molecule has 0 N–H and O–H groups in total. The van der Waals surface area contributed by atoms with Gasteiger partial charge >= 0.3 is 6.09 Å². The Labute approximate surface area is 148 Å². The highest BCUT2D eigenvalue weighted by Gasteiger charge is 2.58. The molecule has 2 aliphatic carbocycles. The topological polar surface area (TPSA) is 49.9 Å². The molecule has 134 valence electrons. The summed E-state index contributed by atoms with van der Waals surface area (Å²) in [6.45, 7) is 5.59. The van der Waals surface area contributed by atoms with E-state index in [0.717, 1.165) is 31.4 Å². The number of piperidine rings is 1. The van der Waals surface area contributed by atoms with E-state index < -0.39 is 5.60 Å². The van der Waals surface area contributed by atoms with Crippen molar-refractivity contribution in [2.75, 3.05) is 4.90 Å². The third-order valence-electron chi connectivity index (χ3n) is 5.18. The lowest BCUT2D eigenvalue weighted by atomic mass is 10.1. The summed E-state index contributed by atoms with van der Waals surface area (Å²) < 4.78 is 5.58. The summed E-state index contributed by atoms with van der Waals surface area (Å²) in [4.78, 5) is 29.7. The van der Waals surface area contributed by atoms with E-state index in [1.807, 2.05) is 56.0 Å². The lowest BCUT2D eigenvalue weighted by Crippen LogP contribution is -2.51. The van der Waals surface area contributed by atoms with Crippen LogP contribution in [-0.4, -0.2) is 40.6 Å². The monoisotopic (exact) mass is 342 g/mol. The van der Waals surface area contributed by atoms with Crippen LogP contribution < -0.4 is 4.90 Å². The highest BCUT2D eigenvalue weighted by Crippen LogP contribution is 2.49. The van der Waals surface area contributed by atoms with Crippen LogP contribution in [0.25, 0.3) is 0 Å². The molecule has 0 spiro atoms. The van der Waals surface area contributed by atoms with E-state index in [1.165, 1.54) is 0 Å². The van der Waals surface area contributed by atoms with E-state index in [1.54, 1.807) is 4.90 Å². The first kappa shape index (κ1) is 16.4. The average Bonchev–Trinajstić information content (AvgIpc) is 3.46. The van der Waals surface area contributed by atoms with Gasteiger partial charge in [0.15, 0.2) is 0 Å². The van der Waals surface area contributed by atoms with Gasteiger partial charge in [0.05, 0.1) is 0 Å². The molecule has 3 aliphatic rings. The number of anilines is 1. The Morgan fingerprint density at radius 1 is 1.12 bits per heavy atom. The number of fused-ring (bicyclic) bond motifs is 1. The maximum atomic E-state index is 13.4. The van der Waals surface area contributed by atoms with Crippen LogP contribution in [0.3, 0.4) is 0 Å². The molecule has 1 aliphatic heterocycles. The molecule has 3 fully saturated rings. The number of amides is 2. The second-order valence-electron chi connectivity index (χ2n) is 8.48. The van der Waals surface area contributed by atoms with Crippen LogP contribution >= 0.6 is 0 Å². The Morgan fingerprint density at radius 3 is 2.40 bits per heavy atom. The molecule has 1 aromatic rings. The molecular weight excluding hydrogens is 316 g/mol. The number of hydrogen-bond donors (Lipinski definition) is 0. The number of carbonyl (C=O) groups excluding carboxylic acids is 2. The molecule has 4 rings (SSSR count). The van der Waals surface area contributed by atoms with Gasteiger partial charge < -0.3 is 9.64 Å². The van der Waals surface area contributed by atoms with Crippen molar-refractivity contribution in [2.24, 2.45) is 5.92 Å². The van der Waals surface area contributed by atoms with Crippen molar-refractivity contribution in [1.82, 2.24) is 4.90 Å². The van der Waals surface area contributed by atoms with E-state index >= 15 is 0 Å². The largest absolute Gasteiger partial charge is 0.444 e. The van der Waals surface area contributed by atoms with Crippen LogP contribution in [0, 0.1) is 5.92 Å². The number of carbonyl (C=O) groups is 2. The van der Waals surface area contributed by atoms with Gasteiger partial charge in [-0.05, 0) is 64.5 Å². The van der Waals surface area contributed by atoms with E-state index in [-0.39, 0.29) is 30.1 Å². The molecule has 1 aromatic carbocycles. The first-order valence-electron chi connectivity index (χ1n) is 9.24. The van der Waals surface area contributed by atoms with E-state index in [2.05, 4.69) is 0 Å². The highest BCUT2D eigenvalue weighted by molar-refractivity contribution is 6.00. The van der Waals surface area contributed by atoms with Gasteiger partial charge in [-0.3, -0.25) is 9.69 Å². The second-order valence-corrected chi connectivity index (χ2v) is 8.48. The molecule has 0 bridgehead atoms. The Hall–Kier alpha value is -2.04. The number of hydrogen-bond acceptors (Lipinski definition) is 3. The van der Waals surface area contributed by atoms with Crippen molar-refractivity contribution in [2.45, 2.75) is 70.2 Å². The Balaban J connectivity index is 1.57. The summed E-state index contributed by atoms with van der Waals surface area (Å²) in [5.74, 6) is 0.505. The number of rotatable bonds is 3. The molecule has 25 heavy (non-hydrogen) atoms. The molecule has 3 atom stereocenters. The lowest BCUT2D eigenvalue weighted by molar-refractivity contribution is -0.123. The van der Waals surface area contributed by atoms with Gasteiger partial charge in [0.2, 0.25) is 5.91 Å². The zero-order valence-corrected chi connectivity index (χ0v) is 15.1. The predicted octanol–water partition coefficient (Wildman–Crippen LogP) is 3.58. The second kappa shape index (κ2) is 5.75. The molecule has 0 aromatic heterocycles. The van der Waals surface area contributed by atoms with Crippen molar-refractivity contribution >= 4 is 17.7 Å². The molecule has 5 heteroatoms. The van der Waals surface area contributed by atoms with Gasteiger partial charge in [0.25, 0.3) is 0 Å². The van der Waals surface area contributed by atoms with Crippen LogP contribution in [0.1, 0.15) is 46.5 Å². The number of benzene rings is 1. The normalized spacial score (nSPS) is 27.6. The van der Waals surface area contributed by atoms with Gasteiger partial charge in [0, 0.05) is 17.8 Å². The zero-order valence-electron chi connectivity index (χ0n) is 15.1. The van der Waals surface area contributed by atoms with Crippen LogP contribution in [0.15, 0.2) is 30.3 Å². The van der Waals surface area contributed by atoms with E-state index in [0.29, 0.717) is 5.92 Å². The summed E-state index contributed by atoms with van der Waals surface area (Å²) in [5.41, 5.74) is 0.382. The SMILES string of the molecule is CC(C)(C)OC(=O)N1[C@@H]2C[C@@H]2C[C@H]1C(=O)N(c1ccccc1)C1CC1. The first-order valence-corrected chi connectivity index (χ1v) is 9.24. The van der Waals surface area contributed by atoms with E-state index in [9.17, 15) is 9.59 Å². The number of nitrogens with zero attached hydrogens (tertiary/aromatic N) is 2. The fourth-order valence-electron chi connectivity index (χ4n) is 3.85. The predicted molar refractivity (Wildman–Crippen MR) is 95.3 cm³/mol. The summed E-state index contributed by atoms with van der Waals surface area (Å²) in [6.07, 6.45) is 3.48. The first-order chi connectivity index (χ1) is 11.8. The third-order valence-corrected chi connectivity index (χ3v) is 5.18. The van der Waals surface area contributed by atoms with Gasteiger partial charge in [-0.2, -0.15) is 0 Å². The van der Waals surface area contributed by atoms with Crippen LogP contribution in [0.4, 0.5) is 10.5 Å². The Kier molecular flexibility index (Phi) is 3.78. The highest BCUT2D eigenvalue weighted by atomic mass is 16.6. The number of likely N-dealkylation sites (tertiary alicyclic amines) is 1. The number of ether oxygens (including phenoxy) is 1. The fraction of sp³-hybridized carbons (Fsp3) is 0.600. The summed E-state index contributed by atoms with van der Waals surface area (Å²) in [6, 6.07) is 9.88. The molecule has 1 heterocycles. The average molecular weight is 342 g/mol.